The van der Waals surface area contributed by atoms with Gasteiger partial charge in [0, 0.05) is 19.7 Å². The SMILES string of the molecule is CCOCCOCc1cccc(CN=C(N)N2CCCCCC2)c1.I. The summed E-state index contributed by atoms with van der Waals surface area (Å²) in [5.41, 5.74) is 8.49. The number of rotatable bonds is 8. The molecule has 6 heteroatoms. The number of aliphatic imine (C=N–C) groups is 1. The molecule has 0 bridgehead atoms. The molecule has 2 rings (SSSR count). The van der Waals surface area contributed by atoms with Crippen LogP contribution in [0.1, 0.15) is 43.7 Å². The van der Waals surface area contributed by atoms with Crippen LogP contribution >= 0.6 is 24.0 Å². The van der Waals surface area contributed by atoms with Gasteiger partial charge in [-0.25, -0.2) is 4.99 Å². The van der Waals surface area contributed by atoms with Crippen LogP contribution in [0, 0.1) is 0 Å². The summed E-state index contributed by atoms with van der Waals surface area (Å²) in [5, 5.41) is 0. The van der Waals surface area contributed by atoms with Crippen molar-refractivity contribution in [2.45, 2.75) is 45.8 Å². The number of halogens is 1. The first-order valence-corrected chi connectivity index (χ1v) is 9.07. The van der Waals surface area contributed by atoms with Gasteiger partial charge >= 0.3 is 0 Å². The van der Waals surface area contributed by atoms with Gasteiger partial charge in [0.05, 0.1) is 26.4 Å². The number of nitrogens with two attached hydrogens (primary N) is 1. The summed E-state index contributed by atoms with van der Waals surface area (Å²) in [4.78, 5) is 6.80. The van der Waals surface area contributed by atoms with Gasteiger partial charge in [-0.15, -0.1) is 24.0 Å². The Kier molecular flexibility index (Phi) is 11.9. The summed E-state index contributed by atoms with van der Waals surface area (Å²) in [5.74, 6) is 0.676. The molecule has 1 aromatic rings. The van der Waals surface area contributed by atoms with Crippen LogP contribution in [0.5, 0.6) is 0 Å². The van der Waals surface area contributed by atoms with E-state index in [0.29, 0.717) is 32.3 Å². The van der Waals surface area contributed by atoms with Crippen molar-refractivity contribution in [3.8, 4) is 0 Å². The van der Waals surface area contributed by atoms with E-state index in [2.05, 4.69) is 28.1 Å². The number of nitrogens with zero attached hydrogens (tertiary/aromatic N) is 2. The molecule has 0 spiro atoms. The van der Waals surface area contributed by atoms with E-state index in [1.807, 2.05) is 13.0 Å². The van der Waals surface area contributed by atoms with Crippen LogP contribution < -0.4 is 5.73 Å². The van der Waals surface area contributed by atoms with Gasteiger partial charge in [0.15, 0.2) is 5.96 Å². The van der Waals surface area contributed by atoms with Crippen LogP contribution in [0.4, 0.5) is 0 Å². The van der Waals surface area contributed by atoms with Crippen molar-refractivity contribution in [3.63, 3.8) is 0 Å². The Morgan fingerprint density at radius 3 is 2.48 bits per heavy atom. The minimum absolute atomic E-state index is 0. The van der Waals surface area contributed by atoms with Crippen molar-refractivity contribution in [1.29, 1.82) is 0 Å². The summed E-state index contributed by atoms with van der Waals surface area (Å²) < 4.78 is 10.9. The van der Waals surface area contributed by atoms with Gasteiger partial charge in [0.2, 0.25) is 0 Å². The Balaban J connectivity index is 0.00000312. The molecule has 5 nitrogen and oxygen atoms in total. The molecule has 0 unspecified atom stereocenters. The van der Waals surface area contributed by atoms with Gasteiger partial charge in [-0.05, 0) is 30.9 Å². The van der Waals surface area contributed by atoms with Crippen LogP contribution in [0.15, 0.2) is 29.3 Å². The van der Waals surface area contributed by atoms with Crippen LogP contribution in [0.25, 0.3) is 0 Å². The third-order valence-corrected chi connectivity index (χ3v) is 4.19. The van der Waals surface area contributed by atoms with E-state index < -0.39 is 0 Å². The Hall–Kier alpha value is -0.860. The van der Waals surface area contributed by atoms with Crippen LogP contribution in [-0.2, 0) is 22.6 Å². The maximum atomic E-state index is 6.17. The number of ether oxygens (including phenoxy) is 2. The first-order chi connectivity index (χ1) is 11.8. The Labute approximate surface area is 169 Å². The Bertz CT molecular complexity index is 503. The van der Waals surface area contributed by atoms with Crippen LogP contribution in [-0.4, -0.2) is 43.8 Å². The van der Waals surface area contributed by atoms with Gasteiger partial charge in [-0.2, -0.15) is 0 Å². The first-order valence-electron chi connectivity index (χ1n) is 9.07. The molecular formula is C19H32IN3O2. The molecule has 0 saturated carbocycles. The molecule has 1 aromatic carbocycles. The molecule has 0 aromatic heterocycles. The number of hydrogen-bond donors (Lipinski definition) is 1. The molecule has 1 aliphatic rings. The Morgan fingerprint density at radius 1 is 1.08 bits per heavy atom. The fourth-order valence-electron chi connectivity index (χ4n) is 2.84. The van der Waals surface area contributed by atoms with Crippen LogP contribution in [0.3, 0.4) is 0 Å². The highest BCUT2D eigenvalue weighted by molar-refractivity contribution is 14.0. The van der Waals surface area contributed by atoms with Crippen molar-refractivity contribution in [1.82, 2.24) is 4.90 Å². The van der Waals surface area contributed by atoms with E-state index in [1.165, 1.54) is 31.2 Å². The number of benzene rings is 1. The zero-order valence-electron chi connectivity index (χ0n) is 15.3. The highest BCUT2D eigenvalue weighted by atomic mass is 127. The molecule has 1 saturated heterocycles. The zero-order chi connectivity index (χ0) is 17.0. The fraction of sp³-hybridized carbons (Fsp3) is 0.632. The van der Waals surface area contributed by atoms with Gasteiger partial charge in [-0.3, -0.25) is 0 Å². The zero-order valence-corrected chi connectivity index (χ0v) is 17.6. The Morgan fingerprint density at radius 2 is 1.76 bits per heavy atom. The fourth-order valence-corrected chi connectivity index (χ4v) is 2.84. The lowest BCUT2D eigenvalue weighted by Gasteiger charge is -2.21. The molecule has 25 heavy (non-hydrogen) atoms. The second-order valence-corrected chi connectivity index (χ2v) is 6.15. The van der Waals surface area contributed by atoms with Gasteiger partial charge in [-0.1, -0.05) is 37.1 Å². The van der Waals surface area contributed by atoms with Crippen molar-refractivity contribution in [2.24, 2.45) is 10.7 Å². The molecule has 142 valence electrons. The summed E-state index contributed by atoms with van der Waals surface area (Å²) in [6.45, 7) is 7.27. The van der Waals surface area contributed by atoms with E-state index in [9.17, 15) is 0 Å². The first kappa shape index (κ1) is 22.2. The van der Waals surface area contributed by atoms with E-state index in [-0.39, 0.29) is 24.0 Å². The summed E-state index contributed by atoms with van der Waals surface area (Å²) in [6, 6.07) is 8.35. The molecule has 0 radical (unpaired) electrons. The predicted octanol–water partition coefficient (Wildman–Crippen LogP) is 3.55. The molecule has 2 N–H and O–H groups in total. The quantitative estimate of drug-likeness (QED) is 0.279. The highest BCUT2D eigenvalue weighted by Crippen LogP contribution is 2.11. The lowest BCUT2D eigenvalue weighted by atomic mass is 10.1. The summed E-state index contributed by atoms with van der Waals surface area (Å²) in [6.07, 6.45) is 5.03. The van der Waals surface area contributed by atoms with E-state index in [1.54, 1.807) is 0 Å². The van der Waals surface area contributed by atoms with E-state index >= 15 is 0 Å². The average Bonchev–Trinajstić information content (AvgIpc) is 2.89. The van der Waals surface area contributed by atoms with Crippen molar-refractivity contribution in [2.75, 3.05) is 32.9 Å². The third-order valence-electron chi connectivity index (χ3n) is 4.19. The monoisotopic (exact) mass is 461 g/mol. The minimum atomic E-state index is 0. The second-order valence-electron chi connectivity index (χ2n) is 6.15. The van der Waals surface area contributed by atoms with Gasteiger partial charge in [0.25, 0.3) is 0 Å². The van der Waals surface area contributed by atoms with Crippen molar-refractivity contribution in [3.05, 3.63) is 35.4 Å². The van der Waals surface area contributed by atoms with Gasteiger partial charge in [0.1, 0.15) is 0 Å². The smallest absolute Gasteiger partial charge is 0.191 e. The molecule has 0 atom stereocenters. The lowest BCUT2D eigenvalue weighted by molar-refractivity contribution is 0.0453. The lowest BCUT2D eigenvalue weighted by Crippen LogP contribution is -2.38. The molecule has 1 aliphatic heterocycles. The largest absolute Gasteiger partial charge is 0.379 e. The van der Waals surface area contributed by atoms with E-state index in [4.69, 9.17) is 15.2 Å². The normalized spacial score (nSPS) is 15.6. The van der Waals surface area contributed by atoms with Crippen molar-refractivity contribution >= 4 is 29.9 Å². The highest BCUT2D eigenvalue weighted by Gasteiger charge is 2.10. The predicted molar refractivity (Wildman–Crippen MR) is 113 cm³/mol. The summed E-state index contributed by atoms with van der Waals surface area (Å²) in [7, 11) is 0. The van der Waals surface area contributed by atoms with Gasteiger partial charge < -0.3 is 20.1 Å². The maximum absolute atomic E-state index is 6.17. The number of guanidine groups is 1. The molecule has 1 heterocycles. The average molecular weight is 461 g/mol. The second kappa shape index (κ2) is 13.4. The maximum Gasteiger partial charge on any atom is 0.191 e. The standard InChI is InChI=1S/C19H31N3O2.HI/c1-2-23-12-13-24-16-18-9-7-8-17(14-18)15-21-19(20)22-10-5-3-4-6-11-22;/h7-9,14H,2-6,10-13,15-16H2,1H3,(H2,20,21);1H. The number of hydrogen-bond acceptors (Lipinski definition) is 3. The molecule has 1 fully saturated rings. The number of likely N-dealkylation sites (tertiary alicyclic amines) is 1. The topological polar surface area (TPSA) is 60.1 Å². The summed E-state index contributed by atoms with van der Waals surface area (Å²) >= 11 is 0. The third kappa shape index (κ3) is 8.87. The van der Waals surface area contributed by atoms with Crippen LogP contribution in [0.2, 0.25) is 0 Å². The molecule has 0 aliphatic carbocycles. The molecular weight excluding hydrogens is 429 g/mol. The minimum Gasteiger partial charge on any atom is -0.379 e. The van der Waals surface area contributed by atoms with Crippen molar-refractivity contribution < 1.29 is 9.47 Å². The van der Waals surface area contributed by atoms with E-state index in [0.717, 1.165) is 25.3 Å². The molecule has 0 amide bonds.